The van der Waals surface area contributed by atoms with Crippen LogP contribution in [0.5, 0.6) is 0 Å². The Hall–Kier alpha value is -1.63. The maximum atomic E-state index is 5.01. The molecule has 1 aromatic heterocycles. The average Bonchev–Trinajstić information content (AvgIpc) is 2.45. The van der Waals surface area contributed by atoms with Crippen LogP contribution in [-0.4, -0.2) is 4.98 Å². The highest BCUT2D eigenvalue weighted by Gasteiger charge is 2.33. The van der Waals surface area contributed by atoms with Crippen LogP contribution in [0.3, 0.4) is 0 Å². The smallest absolute Gasteiger partial charge is 0.0735 e. The average molecular weight is 293 g/mol. The fourth-order valence-corrected chi connectivity index (χ4v) is 3.58. The summed E-state index contributed by atoms with van der Waals surface area (Å²) in [4.78, 5) is 5.01. The van der Waals surface area contributed by atoms with Crippen molar-refractivity contribution >= 4 is 16.5 Å². The van der Waals surface area contributed by atoms with E-state index < -0.39 is 0 Å². The van der Waals surface area contributed by atoms with Gasteiger partial charge in [0, 0.05) is 11.1 Å². The number of allylic oxidation sites excluding steroid dienone is 1. The first-order valence-electron chi connectivity index (χ1n) is 8.39. The van der Waals surface area contributed by atoms with Gasteiger partial charge in [0.05, 0.1) is 5.52 Å². The van der Waals surface area contributed by atoms with Crippen molar-refractivity contribution in [1.29, 1.82) is 0 Å². The van der Waals surface area contributed by atoms with Gasteiger partial charge in [0.1, 0.15) is 0 Å². The molecule has 0 radical (unpaired) electrons. The summed E-state index contributed by atoms with van der Waals surface area (Å²) in [6.07, 6.45) is 3.51. The molecule has 0 spiro atoms. The van der Waals surface area contributed by atoms with Gasteiger partial charge in [0.15, 0.2) is 0 Å². The number of fused-ring (bicyclic) bond motifs is 2. The van der Waals surface area contributed by atoms with Crippen molar-refractivity contribution in [2.45, 2.75) is 53.9 Å². The van der Waals surface area contributed by atoms with Gasteiger partial charge in [-0.3, -0.25) is 4.98 Å². The molecular formula is C21H27N. The lowest BCUT2D eigenvalue weighted by Crippen LogP contribution is -2.31. The van der Waals surface area contributed by atoms with Gasteiger partial charge in [-0.05, 0) is 79.3 Å². The van der Waals surface area contributed by atoms with E-state index in [1.165, 1.54) is 34.2 Å². The van der Waals surface area contributed by atoms with Crippen molar-refractivity contribution in [3.05, 3.63) is 47.2 Å². The highest BCUT2D eigenvalue weighted by atomic mass is 14.7. The zero-order valence-corrected chi connectivity index (χ0v) is 14.6. The second kappa shape index (κ2) is 5.22. The van der Waals surface area contributed by atoms with Crippen molar-refractivity contribution in [3.8, 4) is 0 Å². The first kappa shape index (κ1) is 15.3. The summed E-state index contributed by atoms with van der Waals surface area (Å²) in [5.74, 6) is 0.708. The fraction of sp³-hybridized carbons (Fsp3) is 0.476. The largest absolute Gasteiger partial charge is 0.252 e. The summed E-state index contributed by atoms with van der Waals surface area (Å²) >= 11 is 0. The highest BCUT2D eigenvalue weighted by Crippen LogP contribution is 2.41. The number of pyridine rings is 1. The summed E-state index contributed by atoms with van der Waals surface area (Å²) in [5.41, 5.74) is 7.95. The molecule has 1 atom stereocenters. The normalized spacial score (nSPS) is 21.2. The summed E-state index contributed by atoms with van der Waals surface area (Å²) in [6, 6.07) is 6.85. The Kier molecular flexibility index (Phi) is 3.63. The fourth-order valence-electron chi connectivity index (χ4n) is 3.58. The SMILES string of the molecule is C=C(C)c1cc(C)c2nc3c(cc2c1)C[C@](C)(C(C)C)CC3. The molecule has 1 aromatic carbocycles. The minimum Gasteiger partial charge on any atom is -0.252 e. The molecule has 1 heterocycles. The molecule has 0 N–H and O–H groups in total. The molecule has 0 bridgehead atoms. The molecule has 0 saturated carbocycles. The van der Waals surface area contributed by atoms with E-state index in [-0.39, 0.29) is 0 Å². The molecule has 3 rings (SSSR count). The molecular weight excluding hydrogens is 266 g/mol. The van der Waals surface area contributed by atoms with Gasteiger partial charge in [0.2, 0.25) is 0 Å². The van der Waals surface area contributed by atoms with E-state index in [0.717, 1.165) is 23.9 Å². The summed E-state index contributed by atoms with van der Waals surface area (Å²) in [7, 11) is 0. The van der Waals surface area contributed by atoms with Crippen molar-refractivity contribution in [3.63, 3.8) is 0 Å². The van der Waals surface area contributed by atoms with E-state index in [2.05, 4.69) is 59.4 Å². The molecule has 1 aliphatic carbocycles. The minimum absolute atomic E-state index is 0.406. The maximum absolute atomic E-state index is 5.01. The number of rotatable bonds is 2. The molecule has 0 fully saturated rings. The van der Waals surface area contributed by atoms with Crippen LogP contribution in [0.15, 0.2) is 24.8 Å². The molecule has 1 heteroatoms. The number of hydrogen-bond donors (Lipinski definition) is 0. The second-order valence-corrected chi connectivity index (χ2v) is 7.72. The number of aromatic nitrogens is 1. The number of benzene rings is 1. The molecule has 1 aliphatic rings. The first-order valence-corrected chi connectivity index (χ1v) is 8.39. The lowest BCUT2D eigenvalue weighted by atomic mass is 9.67. The Bertz CT molecular complexity index is 754. The Morgan fingerprint density at radius 1 is 1.27 bits per heavy atom. The van der Waals surface area contributed by atoms with Crippen molar-refractivity contribution < 1.29 is 0 Å². The Labute approximate surface area is 134 Å². The third-order valence-electron chi connectivity index (χ3n) is 5.69. The van der Waals surface area contributed by atoms with Crippen LogP contribution >= 0.6 is 0 Å². The molecule has 0 aliphatic heterocycles. The van der Waals surface area contributed by atoms with Gasteiger partial charge in [0.25, 0.3) is 0 Å². The third-order valence-corrected chi connectivity index (χ3v) is 5.69. The van der Waals surface area contributed by atoms with Crippen molar-refractivity contribution in [2.75, 3.05) is 0 Å². The third kappa shape index (κ3) is 2.47. The standard InChI is InChI=1S/C21H27N/c1-13(2)16-9-15(5)20-17(10-16)11-18-12-21(6,14(3)4)8-7-19(18)22-20/h9-11,14H,1,7-8,12H2,2-6H3/t21-/m1/s1. The molecule has 2 aromatic rings. The highest BCUT2D eigenvalue weighted by molar-refractivity contribution is 5.86. The summed E-state index contributed by atoms with van der Waals surface area (Å²) in [5, 5.41) is 1.27. The lowest BCUT2D eigenvalue weighted by molar-refractivity contribution is 0.186. The van der Waals surface area contributed by atoms with Crippen LogP contribution in [0.1, 0.15) is 56.5 Å². The summed E-state index contributed by atoms with van der Waals surface area (Å²) in [6.45, 7) is 15.5. The van der Waals surface area contributed by atoms with Crippen LogP contribution in [0, 0.1) is 18.3 Å². The zero-order chi connectivity index (χ0) is 16.1. The Morgan fingerprint density at radius 2 is 2.00 bits per heavy atom. The molecule has 0 unspecified atom stereocenters. The topological polar surface area (TPSA) is 12.9 Å². The quantitative estimate of drug-likeness (QED) is 0.689. The molecule has 0 amide bonds. The second-order valence-electron chi connectivity index (χ2n) is 7.72. The Morgan fingerprint density at radius 3 is 2.64 bits per heavy atom. The van der Waals surface area contributed by atoms with Gasteiger partial charge < -0.3 is 0 Å². The van der Waals surface area contributed by atoms with Gasteiger partial charge in [-0.1, -0.05) is 32.9 Å². The van der Waals surface area contributed by atoms with Gasteiger partial charge in [-0.2, -0.15) is 0 Å². The van der Waals surface area contributed by atoms with E-state index in [0.29, 0.717) is 11.3 Å². The molecule has 22 heavy (non-hydrogen) atoms. The molecule has 1 nitrogen and oxygen atoms in total. The van der Waals surface area contributed by atoms with Crippen molar-refractivity contribution in [1.82, 2.24) is 4.98 Å². The van der Waals surface area contributed by atoms with E-state index in [9.17, 15) is 0 Å². The van der Waals surface area contributed by atoms with E-state index in [1.807, 2.05) is 0 Å². The molecule has 116 valence electrons. The number of hydrogen-bond acceptors (Lipinski definition) is 1. The van der Waals surface area contributed by atoms with Gasteiger partial charge >= 0.3 is 0 Å². The van der Waals surface area contributed by atoms with E-state index >= 15 is 0 Å². The summed E-state index contributed by atoms with van der Waals surface area (Å²) < 4.78 is 0. The van der Waals surface area contributed by atoms with Gasteiger partial charge in [-0.15, -0.1) is 0 Å². The maximum Gasteiger partial charge on any atom is 0.0735 e. The number of aryl methyl sites for hydroxylation is 2. The Balaban J connectivity index is 2.15. The monoisotopic (exact) mass is 293 g/mol. The lowest BCUT2D eigenvalue weighted by Gasteiger charge is -2.38. The first-order chi connectivity index (χ1) is 10.3. The van der Waals surface area contributed by atoms with Crippen LogP contribution < -0.4 is 0 Å². The van der Waals surface area contributed by atoms with E-state index in [4.69, 9.17) is 4.98 Å². The predicted octanol–water partition coefficient (Wildman–Crippen LogP) is 5.73. The van der Waals surface area contributed by atoms with Crippen LogP contribution in [-0.2, 0) is 12.8 Å². The van der Waals surface area contributed by atoms with E-state index in [1.54, 1.807) is 0 Å². The zero-order valence-electron chi connectivity index (χ0n) is 14.6. The van der Waals surface area contributed by atoms with Crippen LogP contribution in [0.2, 0.25) is 0 Å². The van der Waals surface area contributed by atoms with Crippen molar-refractivity contribution in [2.24, 2.45) is 11.3 Å². The van der Waals surface area contributed by atoms with Crippen LogP contribution in [0.4, 0.5) is 0 Å². The predicted molar refractivity (Wildman–Crippen MR) is 96.2 cm³/mol. The molecule has 0 saturated heterocycles. The minimum atomic E-state index is 0.406. The number of nitrogens with zero attached hydrogens (tertiary/aromatic N) is 1. The van der Waals surface area contributed by atoms with Crippen LogP contribution in [0.25, 0.3) is 16.5 Å². The van der Waals surface area contributed by atoms with Gasteiger partial charge in [-0.25, -0.2) is 0 Å².